The van der Waals surface area contributed by atoms with Crippen LogP contribution in [0.5, 0.6) is 5.75 Å². The van der Waals surface area contributed by atoms with E-state index in [0.29, 0.717) is 6.42 Å². The molecule has 0 fully saturated rings. The van der Waals surface area contributed by atoms with E-state index in [9.17, 15) is 4.79 Å². The molecule has 0 unspecified atom stereocenters. The van der Waals surface area contributed by atoms with Crippen molar-refractivity contribution in [1.82, 2.24) is 5.32 Å². The highest BCUT2D eigenvalue weighted by molar-refractivity contribution is 5.88. The van der Waals surface area contributed by atoms with Gasteiger partial charge in [-0.15, -0.1) is 0 Å². The van der Waals surface area contributed by atoms with Crippen molar-refractivity contribution >= 4 is 16.9 Å². The second-order valence-corrected chi connectivity index (χ2v) is 4.86. The van der Waals surface area contributed by atoms with Crippen molar-refractivity contribution in [1.29, 1.82) is 0 Å². The summed E-state index contributed by atoms with van der Waals surface area (Å²) in [6, 6.07) is 5.63. The highest BCUT2D eigenvalue weighted by Gasteiger charge is 2.10. The van der Waals surface area contributed by atoms with E-state index in [2.05, 4.69) is 12.2 Å². The van der Waals surface area contributed by atoms with Crippen molar-refractivity contribution in [3.05, 3.63) is 30.0 Å². The predicted molar refractivity (Wildman–Crippen MR) is 79.0 cm³/mol. The number of fused-ring (bicyclic) bond motifs is 1. The van der Waals surface area contributed by atoms with E-state index in [1.807, 2.05) is 18.2 Å². The largest absolute Gasteiger partial charge is 0.497 e. The molecule has 1 amide bonds. The van der Waals surface area contributed by atoms with Crippen LogP contribution in [0.25, 0.3) is 11.0 Å². The quantitative estimate of drug-likeness (QED) is 0.789. The number of hydrogen-bond acceptors (Lipinski definition) is 3. The molecule has 4 nitrogen and oxygen atoms in total. The summed E-state index contributed by atoms with van der Waals surface area (Å²) in [5.41, 5.74) is 1.66. The van der Waals surface area contributed by atoms with Crippen LogP contribution in [0.1, 0.15) is 31.7 Å². The van der Waals surface area contributed by atoms with E-state index in [1.54, 1.807) is 13.4 Å². The third-order valence-electron chi connectivity index (χ3n) is 3.32. The minimum absolute atomic E-state index is 0.0413. The van der Waals surface area contributed by atoms with Gasteiger partial charge in [-0.2, -0.15) is 0 Å². The lowest BCUT2D eigenvalue weighted by Gasteiger charge is -2.04. The number of carbonyl (C=O) groups excluding carboxylic acids is 1. The number of unbranched alkanes of at least 4 members (excludes halogenated alkanes) is 2. The van der Waals surface area contributed by atoms with E-state index < -0.39 is 0 Å². The van der Waals surface area contributed by atoms with Gasteiger partial charge in [0.1, 0.15) is 11.3 Å². The number of benzene rings is 1. The maximum atomic E-state index is 11.9. The molecule has 0 spiro atoms. The summed E-state index contributed by atoms with van der Waals surface area (Å²) in [6.45, 7) is 2.89. The number of hydrogen-bond donors (Lipinski definition) is 1. The first-order chi connectivity index (χ1) is 9.74. The number of methoxy groups -OCH3 is 1. The Morgan fingerprint density at radius 1 is 1.35 bits per heavy atom. The summed E-state index contributed by atoms with van der Waals surface area (Å²) < 4.78 is 10.6. The van der Waals surface area contributed by atoms with Gasteiger partial charge in [-0.25, -0.2) is 0 Å². The lowest BCUT2D eigenvalue weighted by atomic mass is 10.1. The van der Waals surface area contributed by atoms with Gasteiger partial charge in [0.2, 0.25) is 5.91 Å². The topological polar surface area (TPSA) is 51.5 Å². The third kappa shape index (κ3) is 3.53. The lowest BCUT2D eigenvalue weighted by molar-refractivity contribution is -0.120. The Kier molecular flexibility index (Phi) is 5.04. The molecule has 1 heterocycles. The van der Waals surface area contributed by atoms with Crippen molar-refractivity contribution in [3.8, 4) is 5.75 Å². The summed E-state index contributed by atoms with van der Waals surface area (Å²) in [4.78, 5) is 11.9. The van der Waals surface area contributed by atoms with Gasteiger partial charge in [-0.3, -0.25) is 4.79 Å². The fourth-order valence-electron chi connectivity index (χ4n) is 2.17. The van der Waals surface area contributed by atoms with Gasteiger partial charge in [0, 0.05) is 23.6 Å². The fourth-order valence-corrected chi connectivity index (χ4v) is 2.17. The van der Waals surface area contributed by atoms with Crippen molar-refractivity contribution in [3.63, 3.8) is 0 Å². The molecule has 0 aliphatic carbocycles. The number of furan rings is 1. The Morgan fingerprint density at radius 3 is 2.95 bits per heavy atom. The Labute approximate surface area is 119 Å². The van der Waals surface area contributed by atoms with Crippen molar-refractivity contribution in [2.75, 3.05) is 13.7 Å². The van der Waals surface area contributed by atoms with E-state index in [0.717, 1.165) is 48.1 Å². The maximum absolute atomic E-state index is 11.9. The zero-order valence-corrected chi connectivity index (χ0v) is 12.1. The monoisotopic (exact) mass is 275 g/mol. The molecule has 0 radical (unpaired) electrons. The first kappa shape index (κ1) is 14.4. The van der Waals surface area contributed by atoms with Gasteiger partial charge < -0.3 is 14.5 Å². The van der Waals surface area contributed by atoms with Crippen LogP contribution < -0.4 is 10.1 Å². The van der Waals surface area contributed by atoms with Crippen LogP contribution in [-0.4, -0.2) is 19.6 Å². The maximum Gasteiger partial charge on any atom is 0.224 e. The zero-order valence-electron chi connectivity index (χ0n) is 12.1. The molecule has 4 heteroatoms. The molecule has 0 atom stereocenters. The first-order valence-electron chi connectivity index (χ1n) is 7.05. The Morgan fingerprint density at radius 2 is 2.20 bits per heavy atom. The number of rotatable bonds is 7. The molecule has 0 aliphatic rings. The molecule has 20 heavy (non-hydrogen) atoms. The van der Waals surface area contributed by atoms with Gasteiger partial charge in [-0.05, 0) is 18.6 Å². The first-order valence-corrected chi connectivity index (χ1v) is 7.05. The second kappa shape index (κ2) is 6.98. The van der Waals surface area contributed by atoms with E-state index in [-0.39, 0.29) is 5.91 Å². The summed E-state index contributed by atoms with van der Waals surface area (Å²) >= 11 is 0. The molecule has 1 N–H and O–H groups in total. The number of amides is 1. The molecule has 1 aromatic heterocycles. The van der Waals surface area contributed by atoms with Crippen LogP contribution >= 0.6 is 0 Å². The van der Waals surface area contributed by atoms with Crippen molar-refractivity contribution in [2.45, 2.75) is 32.6 Å². The average Bonchev–Trinajstić information content (AvgIpc) is 2.86. The molecular formula is C16H21NO3. The van der Waals surface area contributed by atoms with Crippen molar-refractivity contribution in [2.24, 2.45) is 0 Å². The highest BCUT2D eigenvalue weighted by Crippen LogP contribution is 2.25. The lowest BCUT2D eigenvalue weighted by Crippen LogP contribution is -2.25. The second-order valence-electron chi connectivity index (χ2n) is 4.86. The van der Waals surface area contributed by atoms with Gasteiger partial charge >= 0.3 is 0 Å². The van der Waals surface area contributed by atoms with E-state index >= 15 is 0 Å². The standard InChI is InChI=1S/C16H21NO3/c1-3-4-5-8-17-16(18)9-12-11-20-15-10-13(19-2)6-7-14(12)15/h6-7,10-11H,3-5,8-9H2,1-2H3,(H,17,18). The molecule has 2 aromatic rings. The normalized spacial score (nSPS) is 10.7. The smallest absolute Gasteiger partial charge is 0.224 e. The average molecular weight is 275 g/mol. The van der Waals surface area contributed by atoms with Gasteiger partial charge in [0.15, 0.2) is 0 Å². The number of carbonyl (C=O) groups is 1. The Hall–Kier alpha value is -1.97. The third-order valence-corrected chi connectivity index (χ3v) is 3.32. The summed E-state index contributed by atoms with van der Waals surface area (Å²) in [7, 11) is 1.62. The molecule has 0 saturated carbocycles. The summed E-state index contributed by atoms with van der Waals surface area (Å²) in [5.74, 6) is 0.794. The molecule has 2 rings (SSSR count). The molecule has 0 aliphatic heterocycles. The van der Waals surface area contributed by atoms with Crippen molar-refractivity contribution < 1.29 is 13.9 Å². The van der Waals surface area contributed by atoms with E-state index in [1.165, 1.54) is 0 Å². The number of ether oxygens (including phenoxy) is 1. The van der Waals surface area contributed by atoms with Gasteiger partial charge in [0.05, 0.1) is 19.8 Å². The van der Waals surface area contributed by atoms with E-state index in [4.69, 9.17) is 9.15 Å². The van der Waals surface area contributed by atoms with Crippen LogP contribution in [0.15, 0.2) is 28.9 Å². The van der Waals surface area contributed by atoms with Crippen LogP contribution in [0.2, 0.25) is 0 Å². The predicted octanol–water partition coefficient (Wildman–Crippen LogP) is 3.29. The minimum atomic E-state index is 0.0413. The molecule has 0 bridgehead atoms. The Balaban J connectivity index is 1.97. The molecule has 0 saturated heterocycles. The summed E-state index contributed by atoms with van der Waals surface area (Å²) in [5, 5.41) is 3.90. The molecule has 108 valence electrons. The van der Waals surface area contributed by atoms with Crippen LogP contribution in [0.3, 0.4) is 0 Å². The van der Waals surface area contributed by atoms with Gasteiger partial charge in [-0.1, -0.05) is 19.8 Å². The fraction of sp³-hybridized carbons (Fsp3) is 0.438. The van der Waals surface area contributed by atoms with Crippen LogP contribution in [0.4, 0.5) is 0 Å². The summed E-state index contributed by atoms with van der Waals surface area (Å²) in [6.07, 6.45) is 5.34. The minimum Gasteiger partial charge on any atom is -0.497 e. The molecular weight excluding hydrogens is 254 g/mol. The SMILES string of the molecule is CCCCCNC(=O)Cc1coc2cc(OC)ccc12. The molecule has 1 aromatic carbocycles. The Bertz CT molecular complexity index is 574. The van der Waals surface area contributed by atoms with Gasteiger partial charge in [0.25, 0.3) is 0 Å². The van der Waals surface area contributed by atoms with Crippen LogP contribution in [-0.2, 0) is 11.2 Å². The highest BCUT2D eigenvalue weighted by atomic mass is 16.5. The zero-order chi connectivity index (χ0) is 14.4. The van der Waals surface area contributed by atoms with Crippen LogP contribution in [0, 0.1) is 0 Å². The number of nitrogens with one attached hydrogen (secondary N) is 1.